The normalized spacial score (nSPS) is 16.9. The van der Waals surface area contributed by atoms with Gasteiger partial charge >= 0.3 is 6.18 Å². The van der Waals surface area contributed by atoms with Crippen LogP contribution < -0.4 is 9.64 Å². The van der Waals surface area contributed by atoms with Crippen LogP contribution >= 0.6 is 11.3 Å². The Morgan fingerprint density at radius 1 is 1.23 bits per heavy atom. The van der Waals surface area contributed by atoms with E-state index in [1.165, 1.54) is 0 Å². The topological polar surface area (TPSA) is 68.2 Å². The van der Waals surface area contributed by atoms with E-state index in [9.17, 15) is 18.0 Å². The Bertz CT molecular complexity index is 1030. The van der Waals surface area contributed by atoms with Crippen LogP contribution in [0.15, 0.2) is 36.7 Å². The molecule has 1 saturated heterocycles. The highest BCUT2D eigenvalue weighted by Crippen LogP contribution is 2.37. The second-order valence-electron chi connectivity index (χ2n) is 7.04. The Kier molecular flexibility index (Phi) is 5.85. The molecule has 0 aliphatic carbocycles. The standard InChI is InChI=1S/C20H19F3N4O2S/c21-20(22,23)11-29-18-16-17(24-12-25-18)26-19(30-16)27-10-4-7-14(27)15(28)9-8-13-5-2-1-3-6-13/h1-3,5-6,12,14H,4,7-11H2/t14-/m1/s1. The number of ketones is 1. The van der Waals surface area contributed by atoms with Gasteiger partial charge in [-0.3, -0.25) is 4.79 Å². The van der Waals surface area contributed by atoms with E-state index >= 15 is 0 Å². The smallest absolute Gasteiger partial charge is 0.422 e. The first kappa shape index (κ1) is 20.5. The number of ether oxygens (including phenoxy) is 1. The zero-order chi connectivity index (χ0) is 21.1. The number of thiazole rings is 1. The fourth-order valence-electron chi connectivity index (χ4n) is 3.51. The number of rotatable bonds is 7. The Morgan fingerprint density at radius 2 is 2.03 bits per heavy atom. The molecule has 1 aliphatic heterocycles. The number of Topliss-reactive ketones (excluding diaryl/α,β-unsaturated/α-hetero) is 1. The highest BCUT2D eigenvalue weighted by Gasteiger charge is 2.33. The van der Waals surface area contributed by atoms with Crippen LogP contribution in [0.4, 0.5) is 18.3 Å². The third-order valence-electron chi connectivity index (χ3n) is 4.89. The number of carbonyl (C=O) groups excluding carboxylic acids is 1. The molecular weight excluding hydrogens is 417 g/mol. The molecule has 0 N–H and O–H groups in total. The van der Waals surface area contributed by atoms with Gasteiger partial charge in [0.25, 0.3) is 0 Å². The molecule has 30 heavy (non-hydrogen) atoms. The van der Waals surface area contributed by atoms with Gasteiger partial charge in [0, 0.05) is 13.0 Å². The van der Waals surface area contributed by atoms with Crippen LogP contribution in [0.5, 0.6) is 5.88 Å². The van der Waals surface area contributed by atoms with Crippen molar-refractivity contribution in [1.29, 1.82) is 0 Å². The molecule has 1 aliphatic rings. The summed E-state index contributed by atoms with van der Waals surface area (Å²) >= 11 is 1.15. The lowest BCUT2D eigenvalue weighted by Crippen LogP contribution is -2.36. The first-order valence-electron chi connectivity index (χ1n) is 9.55. The molecule has 6 nitrogen and oxygen atoms in total. The number of aromatic nitrogens is 3. The van der Waals surface area contributed by atoms with Crippen molar-refractivity contribution >= 4 is 32.6 Å². The highest BCUT2D eigenvalue weighted by atomic mass is 32.1. The Hall–Kier alpha value is -2.75. The molecule has 0 amide bonds. The molecule has 0 saturated carbocycles. The monoisotopic (exact) mass is 436 g/mol. The van der Waals surface area contributed by atoms with Gasteiger partial charge in [-0.1, -0.05) is 41.7 Å². The van der Waals surface area contributed by atoms with Crippen LogP contribution in [0.3, 0.4) is 0 Å². The molecule has 0 unspecified atom stereocenters. The number of benzene rings is 1. The number of nitrogens with zero attached hydrogens (tertiary/aromatic N) is 4. The van der Waals surface area contributed by atoms with Gasteiger partial charge in [-0.15, -0.1) is 0 Å². The molecule has 0 radical (unpaired) electrons. The SMILES string of the molecule is O=C(CCc1ccccc1)[C@H]1CCCN1c1nc2ncnc(OCC(F)(F)F)c2s1. The molecule has 1 atom stereocenters. The third-order valence-corrected chi connectivity index (χ3v) is 5.96. The summed E-state index contributed by atoms with van der Waals surface area (Å²) in [5, 5.41) is 0.554. The minimum atomic E-state index is -4.46. The van der Waals surface area contributed by atoms with E-state index in [2.05, 4.69) is 15.0 Å². The summed E-state index contributed by atoms with van der Waals surface area (Å²) in [5.41, 5.74) is 1.38. The molecule has 0 bridgehead atoms. The molecule has 0 spiro atoms. The maximum atomic E-state index is 12.9. The van der Waals surface area contributed by atoms with Crippen molar-refractivity contribution in [1.82, 2.24) is 15.0 Å². The lowest BCUT2D eigenvalue weighted by molar-refractivity contribution is -0.153. The van der Waals surface area contributed by atoms with Crippen molar-refractivity contribution in [3.63, 3.8) is 0 Å². The van der Waals surface area contributed by atoms with Gasteiger partial charge in [-0.25, -0.2) is 9.97 Å². The summed E-state index contributed by atoms with van der Waals surface area (Å²) in [5.74, 6) is -0.0116. The molecule has 3 heterocycles. The van der Waals surface area contributed by atoms with E-state index in [0.29, 0.717) is 29.2 Å². The van der Waals surface area contributed by atoms with Gasteiger partial charge in [0.15, 0.2) is 23.2 Å². The summed E-state index contributed by atoms with van der Waals surface area (Å²) in [6.45, 7) is -0.773. The lowest BCUT2D eigenvalue weighted by atomic mass is 10.0. The number of hydrogen-bond acceptors (Lipinski definition) is 7. The van der Waals surface area contributed by atoms with Crippen LogP contribution in [0.2, 0.25) is 0 Å². The Balaban J connectivity index is 1.50. The summed E-state index contributed by atoms with van der Waals surface area (Å²) in [6, 6.07) is 9.53. The predicted octanol–water partition coefficient (Wildman–Crippen LogP) is 4.20. The van der Waals surface area contributed by atoms with E-state index in [-0.39, 0.29) is 23.4 Å². The highest BCUT2D eigenvalue weighted by molar-refractivity contribution is 7.22. The van der Waals surface area contributed by atoms with Gasteiger partial charge in [0.1, 0.15) is 11.0 Å². The number of anilines is 1. The zero-order valence-electron chi connectivity index (χ0n) is 15.9. The summed E-state index contributed by atoms with van der Waals surface area (Å²) in [7, 11) is 0. The molecule has 1 aromatic carbocycles. The number of alkyl halides is 3. The lowest BCUT2D eigenvalue weighted by Gasteiger charge is -2.22. The molecule has 1 fully saturated rings. The number of fused-ring (bicyclic) bond motifs is 1. The number of aryl methyl sites for hydroxylation is 1. The molecule has 3 aromatic rings. The first-order chi connectivity index (χ1) is 14.4. The predicted molar refractivity (Wildman–Crippen MR) is 107 cm³/mol. The van der Waals surface area contributed by atoms with Crippen LogP contribution in [-0.2, 0) is 11.2 Å². The minimum Gasteiger partial charge on any atom is -0.467 e. The van der Waals surface area contributed by atoms with Crippen molar-refractivity contribution in [2.45, 2.75) is 37.9 Å². The van der Waals surface area contributed by atoms with Gasteiger partial charge in [0.05, 0.1) is 6.04 Å². The fourth-order valence-corrected chi connectivity index (χ4v) is 4.55. The fraction of sp³-hybridized carbons (Fsp3) is 0.400. The molecule has 4 rings (SSSR count). The molecule has 158 valence electrons. The number of halogens is 3. The largest absolute Gasteiger partial charge is 0.467 e. The first-order valence-corrected chi connectivity index (χ1v) is 10.4. The van der Waals surface area contributed by atoms with E-state index in [1.807, 2.05) is 35.2 Å². The van der Waals surface area contributed by atoms with Gasteiger partial charge in [-0.05, 0) is 24.8 Å². The van der Waals surface area contributed by atoms with E-state index in [4.69, 9.17) is 4.74 Å². The Morgan fingerprint density at radius 3 is 2.80 bits per heavy atom. The Labute approximate surface area is 174 Å². The molecular formula is C20H19F3N4O2S. The summed E-state index contributed by atoms with van der Waals surface area (Å²) in [4.78, 5) is 27.1. The summed E-state index contributed by atoms with van der Waals surface area (Å²) < 4.78 is 42.7. The van der Waals surface area contributed by atoms with Crippen molar-refractivity contribution in [2.75, 3.05) is 18.1 Å². The maximum absolute atomic E-state index is 12.9. The number of hydrogen-bond donors (Lipinski definition) is 0. The molecule has 2 aromatic heterocycles. The summed E-state index contributed by atoms with van der Waals surface area (Å²) in [6.07, 6.45) is -0.659. The van der Waals surface area contributed by atoms with Gasteiger partial charge in [-0.2, -0.15) is 18.2 Å². The van der Waals surface area contributed by atoms with Gasteiger partial charge in [0.2, 0.25) is 5.88 Å². The average Bonchev–Trinajstić information content (AvgIpc) is 3.37. The zero-order valence-corrected chi connectivity index (χ0v) is 16.7. The van der Waals surface area contributed by atoms with E-state index in [0.717, 1.165) is 36.1 Å². The second-order valence-corrected chi connectivity index (χ2v) is 8.01. The molecule has 10 heteroatoms. The van der Waals surface area contributed by atoms with Crippen LogP contribution in [0.1, 0.15) is 24.8 Å². The van der Waals surface area contributed by atoms with Crippen LogP contribution in [0.25, 0.3) is 10.3 Å². The van der Waals surface area contributed by atoms with Crippen molar-refractivity contribution in [3.8, 4) is 5.88 Å². The van der Waals surface area contributed by atoms with Crippen molar-refractivity contribution in [2.24, 2.45) is 0 Å². The third kappa shape index (κ3) is 4.69. The second kappa shape index (κ2) is 8.55. The van der Waals surface area contributed by atoms with Crippen LogP contribution in [-0.4, -0.2) is 46.1 Å². The average molecular weight is 436 g/mol. The maximum Gasteiger partial charge on any atom is 0.422 e. The number of carbonyl (C=O) groups is 1. The van der Waals surface area contributed by atoms with Crippen molar-refractivity contribution in [3.05, 3.63) is 42.2 Å². The van der Waals surface area contributed by atoms with E-state index < -0.39 is 12.8 Å². The quantitative estimate of drug-likeness (QED) is 0.553. The van der Waals surface area contributed by atoms with Gasteiger partial charge < -0.3 is 9.64 Å². The van der Waals surface area contributed by atoms with Crippen molar-refractivity contribution < 1.29 is 22.7 Å². The van der Waals surface area contributed by atoms with E-state index in [1.54, 1.807) is 0 Å². The van der Waals surface area contributed by atoms with Crippen LogP contribution in [0, 0.1) is 0 Å². The minimum absolute atomic E-state index is 0.134.